The third kappa shape index (κ3) is 5.60. The number of methoxy groups -OCH3 is 1. The van der Waals surface area contributed by atoms with E-state index in [-0.39, 0.29) is 10.8 Å². The third-order valence-corrected chi connectivity index (χ3v) is 4.76. The zero-order valence-electron chi connectivity index (χ0n) is 18.2. The molecule has 0 fully saturated rings. The third-order valence-electron chi connectivity index (χ3n) is 4.76. The molecule has 0 aliphatic carbocycles. The number of rotatable bonds is 5. The Labute approximate surface area is 164 Å². The molecule has 0 spiro atoms. The number of aliphatic hydroxyl groups excluding tert-OH is 1. The van der Waals surface area contributed by atoms with E-state index in [1.165, 1.54) is 23.9 Å². The summed E-state index contributed by atoms with van der Waals surface area (Å²) in [7, 11) is 1.51. The van der Waals surface area contributed by atoms with Gasteiger partial charge in [-0.1, -0.05) is 59.8 Å². The Hall–Kier alpha value is -1.78. The molecule has 1 heterocycles. The molecule has 0 saturated carbocycles. The first kappa shape index (κ1) is 21.5. The van der Waals surface area contributed by atoms with E-state index in [4.69, 9.17) is 4.74 Å². The van der Waals surface area contributed by atoms with Crippen LogP contribution in [0.5, 0.6) is 0 Å². The van der Waals surface area contributed by atoms with E-state index in [1.54, 1.807) is 0 Å². The Bertz CT molecular complexity index is 721. The fourth-order valence-corrected chi connectivity index (χ4v) is 3.14. The molecular formula is C23H36N2O2. The molecule has 0 amide bonds. The summed E-state index contributed by atoms with van der Waals surface area (Å²) in [5.41, 5.74) is 4.85. The number of aryl methyl sites for hydroxylation is 1. The number of hydrogen-bond donors (Lipinski definition) is 2. The van der Waals surface area contributed by atoms with Gasteiger partial charge in [0.05, 0.1) is 0 Å². The average Bonchev–Trinajstić information content (AvgIpc) is 2.58. The van der Waals surface area contributed by atoms with Crippen molar-refractivity contribution >= 4 is 5.69 Å². The Morgan fingerprint density at radius 3 is 2.30 bits per heavy atom. The van der Waals surface area contributed by atoms with Crippen LogP contribution >= 0.6 is 0 Å². The van der Waals surface area contributed by atoms with Gasteiger partial charge in [-0.25, -0.2) is 0 Å². The molecule has 1 unspecified atom stereocenters. The Morgan fingerprint density at radius 2 is 1.81 bits per heavy atom. The molecule has 0 bridgehead atoms. The van der Waals surface area contributed by atoms with Crippen LogP contribution in [0.15, 0.2) is 41.7 Å². The van der Waals surface area contributed by atoms with Crippen molar-refractivity contribution in [1.29, 1.82) is 0 Å². The van der Waals surface area contributed by atoms with Gasteiger partial charge >= 0.3 is 0 Å². The predicted octanol–water partition coefficient (Wildman–Crippen LogP) is 4.48. The topological polar surface area (TPSA) is 44.7 Å². The van der Waals surface area contributed by atoms with Crippen LogP contribution in [0.3, 0.4) is 0 Å². The maximum Gasteiger partial charge on any atom is 0.178 e. The molecule has 27 heavy (non-hydrogen) atoms. The molecule has 2 rings (SSSR count). The number of hydrogen-bond acceptors (Lipinski definition) is 4. The zero-order valence-corrected chi connectivity index (χ0v) is 18.2. The summed E-state index contributed by atoms with van der Waals surface area (Å²) >= 11 is 0. The van der Waals surface area contributed by atoms with E-state index in [1.807, 2.05) is 12.2 Å². The van der Waals surface area contributed by atoms with Crippen LogP contribution in [0.4, 0.5) is 5.69 Å². The number of anilines is 1. The summed E-state index contributed by atoms with van der Waals surface area (Å²) in [6, 6.07) is 6.75. The average molecular weight is 373 g/mol. The highest BCUT2D eigenvalue weighted by molar-refractivity contribution is 5.60. The van der Waals surface area contributed by atoms with Gasteiger partial charge in [0.1, 0.15) is 5.82 Å². The lowest BCUT2D eigenvalue weighted by molar-refractivity contribution is -0.0458. The second-order valence-corrected chi connectivity index (χ2v) is 9.63. The highest BCUT2D eigenvalue weighted by Crippen LogP contribution is 2.33. The van der Waals surface area contributed by atoms with Crippen LogP contribution in [0.2, 0.25) is 0 Å². The fourth-order valence-electron chi connectivity index (χ4n) is 3.14. The van der Waals surface area contributed by atoms with Crippen LogP contribution in [0.1, 0.15) is 52.7 Å². The Balaban J connectivity index is 2.48. The van der Waals surface area contributed by atoms with Crippen molar-refractivity contribution < 1.29 is 9.84 Å². The van der Waals surface area contributed by atoms with Gasteiger partial charge in [-0.05, 0) is 41.0 Å². The summed E-state index contributed by atoms with van der Waals surface area (Å²) in [6.07, 6.45) is 3.13. The quantitative estimate of drug-likeness (QED) is 0.748. The molecule has 1 aliphatic heterocycles. The molecule has 1 aromatic rings. The summed E-state index contributed by atoms with van der Waals surface area (Å²) in [5.74, 6) is 1.05. The molecule has 4 nitrogen and oxygen atoms in total. The van der Waals surface area contributed by atoms with Crippen molar-refractivity contribution in [3.05, 3.63) is 52.9 Å². The Kier molecular flexibility index (Phi) is 6.43. The van der Waals surface area contributed by atoms with Gasteiger partial charge in [-0.15, -0.1) is 0 Å². The maximum atomic E-state index is 9.91. The van der Waals surface area contributed by atoms with E-state index in [0.717, 1.165) is 17.9 Å². The molecule has 150 valence electrons. The number of benzene rings is 1. The maximum absolute atomic E-state index is 9.91. The van der Waals surface area contributed by atoms with Gasteiger partial charge in [0.15, 0.2) is 6.29 Å². The lowest BCUT2D eigenvalue weighted by Crippen LogP contribution is -2.40. The monoisotopic (exact) mass is 372 g/mol. The highest BCUT2D eigenvalue weighted by Gasteiger charge is 2.25. The van der Waals surface area contributed by atoms with E-state index < -0.39 is 6.29 Å². The lowest BCUT2D eigenvalue weighted by atomic mass is 9.86. The molecule has 0 radical (unpaired) electrons. The fraction of sp³-hybridized carbons (Fsp3) is 0.565. The predicted molar refractivity (Wildman–Crippen MR) is 114 cm³/mol. The molecular weight excluding hydrogens is 336 g/mol. The van der Waals surface area contributed by atoms with Gasteiger partial charge in [0.2, 0.25) is 0 Å². The van der Waals surface area contributed by atoms with Crippen LogP contribution < -0.4 is 10.2 Å². The van der Waals surface area contributed by atoms with Crippen molar-refractivity contribution in [3.63, 3.8) is 0 Å². The molecule has 4 heteroatoms. The normalized spacial score (nSPS) is 16.3. The first-order valence-corrected chi connectivity index (χ1v) is 9.66. The van der Waals surface area contributed by atoms with Crippen LogP contribution in [-0.2, 0) is 10.2 Å². The number of nitrogens with one attached hydrogen (secondary N) is 1. The van der Waals surface area contributed by atoms with Crippen molar-refractivity contribution in [3.8, 4) is 0 Å². The van der Waals surface area contributed by atoms with E-state index in [2.05, 4.69) is 76.9 Å². The summed E-state index contributed by atoms with van der Waals surface area (Å²) in [6.45, 7) is 17.1. The van der Waals surface area contributed by atoms with Gasteiger partial charge < -0.3 is 20.1 Å². The van der Waals surface area contributed by atoms with Crippen molar-refractivity contribution in [2.75, 3.05) is 25.1 Å². The van der Waals surface area contributed by atoms with Gasteiger partial charge in [0, 0.05) is 31.5 Å². The lowest BCUT2D eigenvalue weighted by Gasteiger charge is -2.37. The second-order valence-electron chi connectivity index (χ2n) is 9.63. The minimum absolute atomic E-state index is 0.0971. The largest absolute Gasteiger partial charge is 0.368 e. The summed E-state index contributed by atoms with van der Waals surface area (Å²) in [5, 5.41) is 13.4. The van der Waals surface area contributed by atoms with Crippen molar-refractivity contribution in [2.24, 2.45) is 5.41 Å². The van der Waals surface area contributed by atoms with Crippen molar-refractivity contribution in [1.82, 2.24) is 5.32 Å². The number of nitrogens with zero attached hydrogens (tertiary/aromatic N) is 1. The number of allylic oxidation sites excluding steroid dienone is 2. The molecule has 0 aromatic heterocycles. The molecule has 1 atom stereocenters. The van der Waals surface area contributed by atoms with Gasteiger partial charge in [-0.2, -0.15) is 0 Å². The van der Waals surface area contributed by atoms with E-state index >= 15 is 0 Å². The molecule has 2 N–H and O–H groups in total. The van der Waals surface area contributed by atoms with Gasteiger partial charge in [-0.3, -0.25) is 0 Å². The number of dihydropyridines is 1. The van der Waals surface area contributed by atoms with Crippen LogP contribution in [0, 0.1) is 12.3 Å². The number of aliphatic hydroxyl groups is 1. The van der Waals surface area contributed by atoms with Crippen LogP contribution in [0.25, 0.3) is 0 Å². The summed E-state index contributed by atoms with van der Waals surface area (Å²) < 4.78 is 5.03. The molecule has 1 aromatic carbocycles. The SMILES string of the molecule is COC(O)C1=CC=C(N(CC(C)(C)C)c2cc(C(C)(C)C)ccc2C)NC1. The first-order valence-electron chi connectivity index (χ1n) is 9.66. The Morgan fingerprint density at radius 1 is 1.15 bits per heavy atom. The molecule has 1 aliphatic rings. The minimum atomic E-state index is -0.864. The van der Waals surface area contributed by atoms with E-state index in [0.29, 0.717) is 6.54 Å². The van der Waals surface area contributed by atoms with Crippen molar-refractivity contribution in [2.45, 2.75) is 60.2 Å². The standard InChI is InChI=1S/C23H36N2O2/c1-16-9-11-18(23(5,6)7)13-19(16)25(15-22(2,3)4)20-12-10-17(14-24-20)21(26)27-8/h9-13,21,24,26H,14-15H2,1-8H3. The first-order chi connectivity index (χ1) is 12.4. The summed E-state index contributed by atoms with van der Waals surface area (Å²) in [4.78, 5) is 2.36. The van der Waals surface area contributed by atoms with Gasteiger partial charge in [0.25, 0.3) is 0 Å². The zero-order chi connectivity index (χ0) is 20.4. The number of ether oxygens (including phenoxy) is 1. The minimum Gasteiger partial charge on any atom is -0.368 e. The van der Waals surface area contributed by atoms with E-state index in [9.17, 15) is 5.11 Å². The molecule has 0 saturated heterocycles. The second kappa shape index (κ2) is 8.07. The van der Waals surface area contributed by atoms with Crippen LogP contribution in [-0.4, -0.2) is 31.6 Å². The highest BCUT2D eigenvalue weighted by atomic mass is 16.6. The smallest absolute Gasteiger partial charge is 0.178 e.